The Kier molecular flexibility index (Phi) is 3.17. The SMILES string of the molecule is Cc1cc(C)c(C2C(=O)Nc3cc(Br)ccc32)c(C)c1. The van der Waals surface area contributed by atoms with Crippen LogP contribution in [-0.2, 0) is 4.79 Å². The molecule has 102 valence electrons. The summed E-state index contributed by atoms with van der Waals surface area (Å²) in [6, 6.07) is 10.3. The average Bonchev–Trinajstić information content (AvgIpc) is 2.64. The number of carbonyl (C=O) groups excluding carboxylic acids is 1. The highest BCUT2D eigenvalue weighted by Crippen LogP contribution is 2.40. The number of carbonyl (C=O) groups is 1. The predicted octanol–water partition coefficient (Wildman–Crippen LogP) is 4.46. The number of aryl methyl sites for hydroxylation is 3. The van der Waals surface area contributed by atoms with Crippen molar-refractivity contribution in [2.75, 3.05) is 5.32 Å². The first-order chi connectivity index (χ1) is 9.47. The highest BCUT2D eigenvalue weighted by Gasteiger charge is 2.33. The van der Waals surface area contributed by atoms with E-state index in [0.717, 1.165) is 21.3 Å². The Morgan fingerprint density at radius 3 is 2.35 bits per heavy atom. The van der Waals surface area contributed by atoms with Crippen molar-refractivity contribution in [2.24, 2.45) is 0 Å². The summed E-state index contributed by atoms with van der Waals surface area (Å²) in [5.41, 5.74) is 6.70. The molecular weight excluding hydrogens is 314 g/mol. The Bertz CT molecular complexity index is 698. The van der Waals surface area contributed by atoms with Crippen molar-refractivity contribution >= 4 is 27.5 Å². The van der Waals surface area contributed by atoms with E-state index < -0.39 is 0 Å². The minimum atomic E-state index is -0.196. The van der Waals surface area contributed by atoms with Gasteiger partial charge in [0.05, 0.1) is 5.92 Å². The number of halogens is 1. The van der Waals surface area contributed by atoms with E-state index in [-0.39, 0.29) is 11.8 Å². The third-order valence-electron chi connectivity index (χ3n) is 3.87. The zero-order chi connectivity index (χ0) is 14.4. The maximum absolute atomic E-state index is 12.4. The normalized spacial score (nSPS) is 17.0. The van der Waals surface area contributed by atoms with Crippen LogP contribution in [0.4, 0.5) is 5.69 Å². The highest BCUT2D eigenvalue weighted by atomic mass is 79.9. The van der Waals surface area contributed by atoms with Gasteiger partial charge in [-0.25, -0.2) is 0 Å². The molecule has 1 N–H and O–H groups in total. The molecule has 0 spiro atoms. The zero-order valence-electron chi connectivity index (χ0n) is 11.8. The molecule has 1 aliphatic heterocycles. The molecule has 0 radical (unpaired) electrons. The van der Waals surface area contributed by atoms with Gasteiger partial charge in [0.25, 0.3) is 0 Å². The molecule has 2 nitrogen and oxygen atoms in total. The number of benzene rings is 2. The van der Waals surface area contributed by atoms with E-state index in [4.69, 9.17) is 0 Å². The van der Waals surface area contributed by atoms with E-state index in [1.54, 1.807) is 0 Å². The third kappa shape index (κ3) is 2.06. The van der Waals surface area contributed by atoms with Gasteiger partial charge in [-0.05, 0) is 55.2 Å². The maximum atomic E-state index is 12.4. The highest BCUT2D eigenvalue weighted by molar-refractivity contribution is 9.10. The maximum Gasteiger partial charge on any atom is 0.236 e. The lowest BCUT2D eigenvalue weighted by atomic mass is 9.85. The monoisotopic (exact) mass is 329 g/mol. The predicted molar refractivity (Wildman–Crippen MR) is 85.3 cm³/mol. The van der Waals surface area contributed by atoms with E-state index >= 15 is 0 Å². The number of fused-ring (bicyclic) bond motifs is 1. The summed E-state index contributed by atoms with van der Waals surface area (Å²) in [5.74, 6) is -0.133. The van der Waals surface area contributed by atoms with Crippen molar-refractivity contribution in [2.45, 2.75) is 26.7 Å². The van der Waals surface area contributed by atoms with Crippen LogP contribution in [0.5, 0.6) is 0 Å². The molecule has 0 aromatic heterocycles. The second-order valence-electron chi connectivity index (χ2n) is 5.47. The minimum Gasteiger partial charge on any atom is -0.325 e. The fraction of sp³-hybridized carbons (Fsp3) is 0.235. The van der Waals surface area contributed by atoms with Gasteiger partial charge >= 0.3 is 0 Å². The molecule has 3 heteroatoms. The lowest BCUT2D eigenvalue weighted by Crippen LogP contribution is -2.15. The summed E-state index contributed by atoms with van der Waals surface area (Å²) < 4.78 is 0.981. The molecule has 1 atom stereocenters. The number of hydrogen-bond donors (Lipinski definition) is 1. The smallest absolute Gasteiger partial charge is 0.236 e. The Balaban J connectivity index is 2.20. The van der Waals surface area contributed by atoms with Gasteiger partial charge in [-0.2, -0.15) is 0 Å². The molecule has 3 rings (SSSR count). The number of rotatable bonds is 1. The molecule has 2 aromatic rings. The molecule has 1 unspecified atom stereocenters. The van der Waals surface area contributed by atoms with E-state index in [1.165, 1.54) is 16.7 Å². The van der Waals surface area contributed by atoms with Gasteiger partial charge in [0.2, 0.25) is 5.91 Å². The first kappa shape index (κ1) is 13.4. The van der Waals surface area contributed by atoms with Crippen LogP contribution >= 0.6 is 15.9 Å². The number of hydrogen-bond acceptors (Lipinski definition) is 1. The van der Waals surface area contributed by atoms with E-state index in [9.17, 15) is 4.79 Å². The quantitative estimate of drug-likeness (QED) is 0.822. The van der Waals surface area contributed by atoms with Crippen LogP contribution < -0.4 is 5.32 Å². The molecule has 0 bridgehead atoms. The van der Waals surface area contributed by atoms with Crippen LogP contribution in [0.1, 0.15) is 33.7 Å². The first-order valence-electron chi connectivity index (χ1n) is 6.65. The third-order valence-corrected chi connectivity index (χ3v) is 4.37. The summed E-state index contributed by atoms with van der Waals surface area (Å²) >= 11 is 3.45. The number of amides is 1. The molecule has 0 saturated carbocycles. The van der Waals surface area contributed by atoms with Gasteiger partial charge in [-0.1, -0.05) is 39.7 Å². The summed E-state index contributed by atoms with van der Waals surface area (Å²) in [4.78, 5) is 12.4. The Labute approximate surface area is 127 Å². The fourth-order valence-electron chi connectivity index (χ4n) is 3.17. The summed E-state index contributed by atoms with van der Waals surface area (Å²) in [7, 11) is 0. The fourth-order valence-corrected chi connectivity index (χ4v) is 3.53. The van der Waals surface area contributed by atoms with Crippen molar-refractivity contribution in [3.8, 4) is 0 Å². The second kappa shape index (κ2) is 4.74. The lowest BCUT2D eigenvalue weighted by Gasteiger charge is -2.16. The molecule has 1 heterocycles. The van der Waals surface area contributed by atoms with Crippen molar-refractivity contribution in [1.29, 1.82) is 0 Å². The van der Waals surface area contributed by atoms with Gasteiger partial charge in [0.15, 0.2) is 0 Å². The second-order valence-corrected chi connectivity index (χ2v) is 6.38. The topological polar surface area (TPSA) is 29.1 Å². The van der Waals surface area contributed by atoms with Crippen molar-refractivity contribution in [3.05, 3.63) is 62.6 Å². The summed E-state index contributed by atoms with van der Waals surface area (Å²) in [5, 5.41) is 2.99. The molecule has 2 aromatic carbocycles. The molecule has 0 aliphatic carbocycles. The van der Waals surface area contributed by atoms with Gasteiger partial charge < -0.3 is 5.32 Å². The van der Waals surface area contributed by atoms with Crippen LogP contribution in [0.25, 0.3) is 0 Å². The molecule has 0 saturated heterocycles. The van der Waals surface area contributed by atoms with Crippen LogP contribution in [0, 0.1) is 20.8 Å². The van der Waals surface area contributed by atoms with Crippen LogP contribution in [0.2, 0.25) is 0 Å². The van der Waals surface area contributed by atoms with Gasteiger partial charge in [0, 0.05) is 10.2 Å². The Hall–Kier alpha value is -1.61. The Morgan fingerprint density at radius 2 is 1.70 bits per heavy atom. The minimum absolute atomic E-state index is 0.0631. The standard InChI is InChI=1S/C17H16BrNO/c1-9-6-10(2)15(11(3)7-9)16-13-5-4-12(18)8-14(13)19-17(16)20/h4-8,16H,1-3H3,(H,19,20). The van der Waals surface area contributed by atoms with Gasteiger partial charge in [-0.3, -0.25) is 4.79 Å². The largest absolute Gasteiger partial charge is 0.325 e. The lowest BCUT2D eigenvalue weighted by molar-refractivity contribution is -0.116. The zero-order valence-corrected chi connectivity index (χ0v) is 13.3. The van der Waals surface area contributed by atoms with Crippen LogP contribution in [0.3, 0.4) is 0 Å². The average molecular weight is 330 g/mol. The molecule has 20 heavy (non-hydrogen) atoms. The van der Waals surface area contributed by atoms with E-state index in [2.05, 4.69) is 54.2 Å². The van der Waals surface area contributed by atoms with Gasteiger partial charge in [-0.15, -0.1) is 0 Å². The molecule has 0 fully saturated rings. The number of anilines is 1. The number of nitrogens with one attached hydrogen (secondary N) is 1. The van der Waals surface area contributed by atoms with Crippen molar-refractivity contribution in [3.63, 3.8) is 0 Å². The molecule has 1 aliphatic rings. The van der Waals surface area contributed by atoms with Gasteiger partial charge in [0.1, 0.15) is 0 Å². The summed E-state index contributed by atoms with van der Waals surface area (Å²) in [6.45, 7) is 6.25. The first-order valence-corrected chi connectivity index (χ1v) is 7.44. The van der Waals surface area contributed by atoms with E-state index in [0.29, 0.717) is 0 Å². The van der Waals surface area contributed by atoms with Crippen molar-refractivity contribution in [1.82, 2.24) is 0 Å². The summed E-state index contributed by atoms with van der Waals surface area (Å²) in [6.07, 6.45) is 0. The molecule has 1 amide bonds. The van der Waals surface area contributed by atoms with E-state index in [1.807, 2.05) is 18.2 Å². The Morgan fingerprint density at radius 1 is 1.05 bits per heavy atom. The molecular formula is C17H16BrNO. The van der Waals surface area contributed by atoms with Crippen molar-refractivity contribution < 1.29 is 4.79 Å². The van der Waals surface area contributed by atoms with Crippen LogP contribution in [-0.4, -0.2) is 5.91 Å². The van der Waals surface area contributed by atoms with Crippen LogP contribution in [0.15, 0.2) is 34.8 Å².